The molecule has 3 heteroatoms. The summed E-state index contributed by atoms with van der Waals surface area (Å²) in [5.74, 6) is 1.02. The van der Waals surface area contributed by atoms with Gasteiger partial charge in [-0.25, -0.2) is 0 Å². The number of aryl methyl sites for hydroxylation is 1. The third kappa shape index (κ3) is 6.10. The van der Waals surface area contributed by atoms with Gasteiger partial charge in [0.15, 0.2) is 0 Å². The SMILES string of the molecule is CCCNC(CCO)CSc1cccc(C)c1. The third-order valence-corrected chi connectivity index (χ3v) is 3.76. The fourth-order valence-electron chi connectivity index (χ4n) is 1.65. The standard InChI is InChI=1S/C14H23NOS/c1-3-8-15-13(7-9-16)11-17-14-6-4-5-12(2)10-14/h4-6,10,13,15-16H,3,7-9,11H2,1-2H3. The van der Waals surface area contributed by atoms with Crippen LogP contribution in [-0.2, 0) is 0 Å². The molecule has 0 radical (unpaired) electrons. The van der Waals surface area contributed by atoms with Crippen molar-refractivity contribution in [2.75, 3.05) is 18.9 Å². The Hall–Kier alpha value is -0.510. The van der Waals surface area contributed by atoms with Gasteiger partial charge in [0.05, 0.1) is 0 Å². The van der Waals surface area contributed by atoms with Crippen LogP contribution < -0.4 is 5.32 Å². The number of aliphatic hydroxyl groups excluding tert-OH is 1. The first-order chi connectivity index (χ1) is 8.26. The van der Waals surface area contributed by atoms with Crippen molar-refractivity contribution in [3.63, 3.8) is 0 Å². The van der Waals surface area contributed by atoms with E-state index in [1.807, 2.05) is 11.8 Å². The Labute approximate surface area is 109 Å². The number of aliphatic hydroxyl groups is 1. The van der Waals surface area contributed by atoms with E-state index in [2.05, 4.69) is 43.4 Å². The summed E-state index contributed by atoms with van der Waals surface area (Å²) in [4.78, 5) is 1.31. The number of hydrogen-bond acceptors (Lipinski definition) is 3. The zero-order valence-corrected chi connectivity index (χ0v) is 11.6. The topological polar surface area (TPSA) is 32.3 Å². The van der Waals surface area contributed by atoms with Crippen LogP contribution in [0.25, 0.3) is 0 Å². The first-order valence-corrected chi connectivity index (χ1v) is 7.28. The highest BCUT2D eigenvalue weighted by Crippen LogP contribution is 2.20. The Morgan fingerprint density at radius 3 is 2.88 bits per heavy atom. The highest BCUT2D eigenvalue weighted by Gasteiger charge is 2.07. The van der Waals surface area contributed by atoms with Crippen molar-refractivity contribution in [3.05, 3.63) is 29.8 Å². The number of hydrogen-bond donors (Lipinski definition) is 2. The zero-order valence-electron chi connectivity index (χ0n) is 10.8. The van der Waals surface area contributed by atoms with Crippen LogP contribution in [0.2, 0.25) is 0 Å². The van der Waals surface area contributed by atoms with Crippen molar-refractivity contribution in [2.24, 2.45) is 0 Å². The summed E-state index contributed by atoms with van der Waals surface area (Å²) < 4.78 is 0. The van der Waals surface area contributed by atoms with Crippen LogP contribution in [0.15, 0.2) is 29.2 Å². The summed E-state index contributed by atoms with van der Waals surface area (Å²) in [6.45, 7) is 5.57. The molecule has 0 heterocycles. The number of nitrogens with one attached hydrogen (secondary N) is 1. The smallest absolute Gasteiger partial charge is 0.0446 e. The molecule has 17 heavy (non-hydrogen) atoms. The van der Waals surface area contributed by atoms with Crippen molar-refractivity contribution in [2.45, 2.75) is 37.6 Å². The minimum Gasteiger partial charge on any atom is -0.396 e. The molecule has 1 atom stereocenters. The molecule has 0 saturated carbocycles. The van der Waals surface area contributed by atoms with Gasteiger partial charge in [0.2, 0.25) is 0 Å². The van der Waals surface area contributed by atoms with Crippen LogP contribution in [-0.4, -0.2) is 30.1 Å². The predicted octanol–water partition coefficient (Wildman–Crippen LogP) is 2.84. The highest BCUT2D eigenvalue weighted by atomic mass is 32.2. The number of benzene rings is 1. The lowest BCUT2D eigenvalue weighted by Gasteiger charge is -2.17. The van der Waals surface area contributed by atoms with Gasteiger partial charge in [0.1, 0.15) is 0 Å². The summed E-state index contributed by atoms with van der Waals surface area (Å²) in [6.07, 6.45) is 1.97. The van der Waals surface area contributed by atoms with Gasteiger partial charge in [-0.2, -0.15) is 0 Å². The van der Waals surface area contributed by atoms with Crippen molar-refractivity contribution in [1.82, 2.24) is 5.32 Å². The molecule has 0 aliphatic heterocycles. The molecule has 0 aromatic heterocycles. The summed E-state index contributed by atoms with van der Waals surface area (Å²) in [6, 6.07) is 8.97. The minimum absolute atomic E-state index is 0.260. The van der Waals surface area contributed by atoms with E-state index in [9.17, 15) is 0 Å². The highest BCUT2D eigenvalue weighted by molar-refractivity contribution is 7.99. The Bertz CT molecular complexity index is 317. The Kier molecular flexibility index (Phi) is 7.33. The van der Waals surface area contributed by atoms with Gasteiger partial charge >= 0.3 is 0 Å². The largest absolute Gasteiger partial charge is 0.396 e. The maximum atomic E-state index is 9.03. The molecule has 1 unspecified atom stereocenters. The van der Waals surface area contributed by atoms with Gasteiger partial charge < -0.3 is 10.4 Å². The van der Waals surface area contributed by atoms with E-state index in [4.69, 9.17) is 5.11 Å². The molecule has 0 saturated heterocycles. The third-order valence-electron chi connectivity index (χ3n) is 2.60. The van der Waals surface area contributed by atoms with Crippen LogP contribution >= 0.6 is 11.8 Å². The molecular formula is C14H23NOS. The van der Waals surface area contributed by atoms with E-state index in [1.54, 1.807) is 0 Å². The fourth-order valence-corrected chi connectivity index (χ4v) is 2.77. The molecule has 0 amide bonds. The van der Waals surface area contributed by atoms with Gasteiger partial charge in [-0.3, -0.25) is 0 Å². The average molecular weight is 253 g/mol. The van der Waals surface area contributed by atoms with Crippen LogP contribution in [0.4, 0.5) is 0 Å². The molecular weight excluding hydrogens is 230 g/mol. The van der Waals surface area contributed by atoms with Crippen molar-refractivity contribution >= 4 is 11.8 Å². The second-order valence-corrected chi connectivity index (χ2v) is 5.38. The van der Waals surface area contributed by atoms with Crippen LogP contribution in [0.3, 0.4) is 0 Å². The van der Waals surface area contributed by atoms with E-state index in [0.717, 1.165) is 25.1 Å². The first kappa shape index (κ1) is 14.6. The van der Waals surface area contributed by atoms with Crippen LogP contribution in [0.5, 0.6) is 0 Å². The van der Waals surface area contributed by atoms with Crippen LogP contribution in [0, 0.1) is 6.92 Å². The molecule has 96 valence electrons. The molecule has 0 aliphatic rings. The minimum atomic E-state index is 0.260. The van der Waals surface area contributed by atoms with Crippen molar-refractivity contribution in [3.8, 4) is 0 Å². The second-order valence-electron chi connectivity index (χ2n) is 4.29. The quantitative estimate of drug-likeness (QED) is 0.699. The van der Waals surface area contributed by atoms with Gasteiger partial charge in [-0.1, -0.05) is 24.6 Å². The predicted molar refractivity (Wildman–Crippen MR) is 75.7 cm³/mol. The maximum Gasteiger partial charge on any atom is 0.0446 e. The lowest BCUT2D eigenvalue weighted by Crippen LogP contribution is -2.32. The molecule has 0 fully saturated rings. The summed E-state index contributed by atoms with van der Waals surface area (Å²) in [5.41, 5.74) is 1.30. The normalized spacial score (nSPS) is 12.6. The number of thioether (sulfide) groups is 1. The first-order valence-electron chi connectivity index (χ1n) is 6.30. The van der Waals surface area contributed by atoms with Gasteiger partial charge in [0.25, 0.3) is 0 Å². The van der Waals surface area contributed by atoms with E-state index in [1.165, 1.54) is 10.5 Å². The Morgan fingerprint density at radius 2 is 2.24 bits per heavy atom. The van der Waals surface area contributed by atoms with Crippen molar-refractivity contribution in [1.29, 1.82) is 0 Å². The lowest BCUT2D eigenvalue weighted by molar-refractivity contribution is 0.270. The van der Waals surface area contributed by atoms with E-state index in [-0.39, 0.29) is 6.61 Å². The summed E-state index contributed by atoms with van der Waals surface area (Å²) >= 11 is 1.86. The molecule has 2 nitrogen and oxygen atoms in total. The molecule has 0 aliphatic carbocycles. The summed E-state index contributed by atoms with van der Waals surface area (Å²) in [7, 11) is 0. The van der Waals surface area contributed by atoms with E-state index in [0.29, 0.717) is 6.04 Å². The van der Waals surface area contributed by atoms with E-state index < -0.39 is 0 Å². The van der Waals surface area contributed by atoms with E-state index >= 15 is 0 Å². The molecule has 0 bridgehead atoms. The fraction of sp³-hybridized carbons (Fsp3) is 0.571. The van der Waals surface area contributed by atoms with Gasteiger partial charge in [0, 0.05) is 23.3 Å². The average Bonchev–Trinajstić information content (AvgIpc) is 2.33. The van der Waals surface area contributed by atoms with Gasteiger partial charge in [-0.05, 0) is 38.4 Å². The molecule has 1 rings (SSSR count). The second kappa shape index (κ2) is 8.56. The monoisotopic (exact) mass is 253 g/mol. The van der Waals surface area contributed by atoms with Gasteiger partial charge in [-0.15, -0.1) is 11.8 Å². The Balaban J connectivity index is 2.39. The summed E-state index contributed by atoms with van der Waals surface area (Å²) in [5, 5.41) is 12.5. The molecule has 1 aromatic carbocycles. The molecule has 1 aromatic rings. The Morgan fingerprint density at radius 1 is 1.41 bits per heavy atom. The maximum absolute atomic E-state index is 9.03. The molecule has 2 N–H and O–H groups in total. The van der Waals surface area contributed by atoms with Crippen molar-refractivity contribution < 1.29 is 5.11 Å². The lowest BCUT2D eigenvalue weighted by atomic mass is 10.2. The van der Waals surface area contributed by atoms with Crippen LogP contribution in [0.1, 0.15) is 25.3 Å². The zero-order chi connectivity index (χ0) is 12.5. The number of rotatable bonds is 8. The molecule has 0 spiro atoms.